The smallest absolute Gasteiger partial charge is 0.0937 e. The van der Waals surface area contributed by atoms with Gasteiger partial charge >= 0.3 is 0 Å². The summed E-state index contributed by atoms with van der Waals surface area (Å²) in [5, 5.41) is 11.4. The van der Waals surface area contributed by atoms with Crippen molar-refractivity contribution in [2.24, 2.45) is 0 Å². The van der Waals surface area contributed by atoms with Crippen molar-refractivity contribution in [2.75, 3.05) is 19.6 Å². The fraction of sp³-hybridized carbons (Fsp3) is 0.429. The van der Waals surface area contributed by atoms with Crippen LogP contribution in [-0.2, 0) is 0 Å². The lowest BCUT2D eigenvalue weighted by molar-refractivity contribution is 0.120. The lowest BCUT2D eigenvalue weighted by Gasteiger charge is -2.21. The van der Waals surface area contributed by atoms with Crippen LogP contribution < -0.4 is 0 Å². The lowest BCUT2D eigenvalue weighted by atomic mass is 10.1. The number of nitrogens with one attached hydrogen (secondary N) is 1. The Morgan fingerprint density at radius 3 is 2.65 bits per heavy atom. The Kier molecular flexibility index (Phi) is 3.82. The number of benzene rings is 1. The number of aromatic amines is 1. The van der Waals surface area contributed by atoms with E-state index in [1.54, 1.807) is 0 Å². The molecule has 3 nitrogen and oxygen atoms in total. The number of aromatic nitrogens is 1. The quantitative estimate of drug-likeness (QED) is 0.831. The number of fused-ring (bicyclic) bond motifs is 1. The molecule has 2 N–H and O–H groups in total. The predicted molar refractivity (Wildman–Crippen MR) is 71.0 cm³/mol. The topological polar surface area (TPSA) is 39.3 Å². The monoisotopic (exact) mass is 232 g/mol. The van der Waals surface area contributed by atoms with E-state index in [0.29, 0.717) is 6.54 Å². The maximum Gasteiger partial charge on any atom is 0.0937 e. The summed E-state index contributed by atoms with van der Waals surface area (Å²) >= 11 is 0. The molecule has 2 rings (SSSR count). The molecule has 0 aliphatic carbocycles. The fourth-order valence-electron chi connectivity index (χ4n) is 2.19. The molecule has 0 aliphatic heterocycles. The van der Waals surface area contributed by atoms with Gasteiger partial charge < -0.3 is 15.0 Å². The molecule has 0 unspecified atom stereocenters. The highest BCUT2D eigenvalue weighted by atomic mass is 16.3. The van der Waals surface area contributed by atoms with Gasteiger partial charge in [0, 0.05) is 29.2 Å². The first-order chi connectivity index (χ1) is 8.26. The third kappa shape index (κ3) is 2.51. The summed E-state index contributed by atoms with van der Waals surface area (Å²) in [6, 6.07) is 8.08. The first kappa shape index (κ1) is 12.1. The molecule has 0 fully saturated rings. The van der Waals surface area contributed by atoms with Crippen LogP contribution >= 0.6 is 0 Å². The molecule has 1 aromatic carbocycles. The molecule has 0 amide bonds. The van der Waals surface area contributed by atoms with E-state index in [1.165, 1.54) is 0 Å². The molecule has 0 aliphatic rings. The number of para-hydroxylation sites is 1. The number of nitrogens with zero attached hydrogens (tertiary/aromatic N) is 1. The van der Waals surface area contributed by atoms with Crippen LogP contribution in [0, 0.1) is 0 Å². The number of hydrogen-bond donors (Lipinski definition) is 2. The van der Waals surface area contributed by atoms with Gasteiger partial charge in [-0.3, -0.25) is 0 Å². The predicted octanol–water partition coefficient (Wildman–Crippen LogP) is 2.54. The first-order valence-electron chi connectivity index (χ1n) is 6.22. The van der Waals surface area contributed by atoms with Crippen LogP contribution in [0.15, 0.2) is 30.5 Å². The molecular formula is C14H20N2O. The zero-order chi connectivity index (χ0) is 12.3. The van der Waals surface area contributed by atoms with Gasteiger partial charge in [0.25, 0.3) is 0 Å². The number of H-pyrrole nitrogens is 1. The molecule has 2 aromatic rings. The number of aliphatic hydroxyl groups is 1. The van der Waals surface area contributed by atoms with Crippen molar-refractivity contribution in [3.63, 3.8) is 0 Å². The summed E-state index contributed by atoms with van der Waals surface area (Å²) < 4.78 is 0. The van der Waals surface area contributed by atoms with E-state index in [2.05, 4.69) is 23.7 Å². The third-order valence-electron chi connectivity index (χ3n) is 3.31. The van der Waals surface area contributed by atoms with Gasteiger partial charge in [0.2, 0.25) is 0 Å². The second kappa shape index (κ2) is 5.34. The maximum absolute atomic E-state index is 10.3. The van der Waals surface area contributed by atoms with Gasteiger partial charge in [-0.15, -0.1) is 0 Å². The van der Waals surface area contributed by atoms with Crippen LogP contribution in [0.3, 0.4) is 0 Å². The molecule has 17 heavy (non-hydrogen) atoms. The van der Waals surface area contributed by atoms with Gasteiger partial charge in [-0.1, -0.05) is 32.0 Å². The first-order valence-corrected chi connectivity index (χ1v) is 6.22. The minimum Gasteiger partial charge on any atom is -0.387 e. The summed E-state index contributed by atoms with van der Waals surface area (Å²) in [6.07, 6.45) is 1.49. The van der Waals surface area contributed by atoms with Crippen LogP contribution in [0.1, 0.15) is 25.5 Å². The molecule has 0 saturated carbocycles. The summed E-state index contributed by atoms with van der Waals surface area (Å²) in [5.41, 5.74) is 2.08. The Balaban J connectivity index is 2.21. The van der Waals surface area contributed by atoms with Crippen LogP contribution in [0.25, 0.3) is 10.9 Å². The Bertz CT molecular complexity index is 474. The minimum atomic E-state index is -0.425. The second-order valence-corrected chi connectivity index (χ2v) is 4.29. The third-order valence-corrected chi connectivity index (χ3v) is 3.31. The van der Waals surface area contributed by atoms with Gasteiger partial charge in [0.1, 0.15) is 0 Å². The molecule has 1 atom stereocenters. The van der Waals surface area contributed by atoms with Crippen LogP contribution in [0.2, 0.25) is 0 Å². The van der Waals surface area contributed by atoms with Crippen molar-refractivity contribution in [3.8, 4) is 0 Å². The second-order valence-electron chi connectivity index (χ2n) is 4.29. The van der Waals surface area contributed by atoms with Crippen LogP contribution in [0.4, 0.5) is 0 Å². The zero-order valence-electron chi connectivity index (χ0n) is 10.5. The SMILES string of the molecule is CCN(CC)C[C@H](O)c1c[nH]c2ccccc12. The molecular weight excluding hydrogens is 212 g/mol. The number of aliphatic hydroxyl groups excluding tert-OH is 1. The van der Waals surface area contributed by atoms with Crippen molar-refractivity contribution in [1.82, 2.24) is 9.88 Å². The molecule has 0 spiro atoms. The molecule has 1 heterocycles. The minimum absolute atomic E-state index is 0.425. The summed E-state index contributed by atoms with van der Waals surface area (Å²) in [6.45, 7) is 6.86. The summed E-state index contributed by atoms with van der Waals surface area (Å²) in [4.78, 5) is 5.43. The van der Waals surface area contributed by atoms with Gasteiger partial charge in [-0.05, 0) is 19.2 Å². The number of likely N-dealkylation sites (N-methyl/N-ethyl adjacent to an activating group) is 1. The van der Waals surface area contributed by atoms with E-state index in [1.807, 2.05) is 30.5 Å². The van der Waals surface area contributed by atoms with Crippen molar-refractivity contribution < 1.29 is 5.11 Å². The maximum atomic E-state index is 10.3. The Morgan fingerprint density at radius 2 is 1.94 bits per heavy atom. The van der Waals surface area contributed by atoms with E-state index >= 15 is 0 Å². The van der Waals surface area contributed by atoms with Crippen molar-refractivity contribution in [2.45, 2.75) is 20.0 Å². The largest absolute Gasteiger partial charge is 0.387 e. The van der Waals surface area contributed by atoms with Gasteiger partial charge in [-0.25, -0.2) is 0 Å². The van der Waals surface area contributed by atoms with Gasteiger partial charge in [0.15, 0.2) is 0 Å². The van der Waals surface area contributed by atoms with E-state index in [-0.39, 0.29) is 0 Å². The zero-order valence-corrected chi connectivity index (χ0v) is 10.5. The van der Waals surface area contributed by atoms with Crippen LogP contribution in [-0.4, -0.2) is 34.6 Å². The Hall–Kier alpha value is -1.32. The standard InChI is InChI=1S/C14H20N2O/c1-3-16(4-2)10-14(17)12-9-15-13-8-6-5-7-11(12)13/h5-9,14-15,17H,3-4,10H2,1-2H3/t14-/m0/s1. The van der Waals surface area contributed by atoms with Crippen molar-refractivity contribution in [1.29, 1.82) is 0 Å². The number of hydrogen-bond acceptors (Lipinski definition) is 2. The van der Waals surface area contributed by atoms with E-state index in [9.17, 15) is 5.11 Å². The molecule has 1 aromatic heterocycles. The highest BCUT2D eigenvalue weighted by Gasteiger charge is 2.14. The number of rotatable bonds is 5. The van der Waals surface area contributed by atoms with Crippen LogP contribution in [0.5, 0.6) is 0 Å². The van der Waals surface area contributed by atoms with E-state index < -0.39 is 6.10 Å². The Labute approximate surface area is 102 Å². The Morgan fingerprint density at radius 1 is 1.24 bits per heavy atom. The average molecular weight is 232 g/mol. The summed E-state index contributed by atoms with van der Waals surface area (Å²) in [5.74, 6) is 0. The lowest BCUT2D eigenvalue weighted by Crippen LogP contribution is -2.28. The fourth-order valence-corrected chi connectivity index (χ4v) is 2.19. The van der Waals surface area contributed by atoms with Crippen molar-refractivity contribution in [3.05, 3.63) is 36.0 Å². The normalized spacial score (nSPS) is 13.4. The highest BCUT2D eigenvalue weighted by Crippen LogP contribution is 2.24. The van der Waals surface area contributed by atoms with Gasteiger partial charge in [0.05, 0.1) is 6.10 Å². The van der Waals surface area contributed by atoms with E-state index in [4.69, 9.17) is 0 Å². The molecule has 92 valence electrons. The van der Waals surface area contributed by atoms with Crippen molar-refractivity contribution >= 4 is 10.9 Å². The highest BCUT2D eigenvalue weighted by molar-refractivity contribution is 5.83. The molecule has 3 heteroatoms. The molecule has 0 radical (unpaired) electrons. The average Bonchev–Trinajstić information content (AvgIpc) is 2.79. The summed E-state index contributed by atoms with van der Waals surface area (Å²) in [7, 11) is 0. The van der Waals surface area contributed by atoms with E-state index in [0.717, 1.165) is 29.6 Å². The molecule has 0 saturated heterocycles. The molecule has 0 bridgehead atoms. The van der Waals surface area contributed by atoms with Gasteiger partial charge in [-0.2, -0.15) is 0 Å².